The number of likely N-dealkylation sites (tertiary alicyclic amines) is 1. The number of fused-ring (bicyclic) bond motifs is 5. The smallest absolute Gasteiger partial charge is 0.121 e. The van der Waals surface area contributed by atoms with Crippen molar-refractivity contribution in [1.29, 1.82) is 0 Å². The van der Waals surface area contributed by atoms with Crippen LogP contribution in [-0.2, 0) is 10.3 Å². The van der Waals surface area contributed by atoms with Crippen LogP contribution in [0, 0.1) is 16.7 Å². The molecule has 6 rings (SSSR count). The summed E-state index contributed by atoms with van der Waals surface area (Å²) in [5, 5.41) is 24.9. The molecule has 5 heteroatoms. The number of ether oxygens (including phenoxy) is 1. The molecule has 3 fully saturated rings. The van der Waals surface area contributed by atoms with Gasteiger partial charge in [-0.3, -0.25) is 0 Å². The average molecular weight is 468 g/mol. The Bertz CT molecular complexity index is 980. The summed E-state index contributed by atoms with van der Waals surface area (Å²) in [5.74, 6) is 0.230. The van der Waals surface area contributed by atoms with Gasteiger partial charge in [0.2, 0.25) is 0 Å². The van der Waals surface area contributed by atoms with Gasteiger partial charge in [-0.2, -0.15) is 0 Å². The zero-order valence-electron chi connectivity index (χ0n) is 20.9. The van der Waals surface area contributed by atoms with E-state index in [0.717, 1.165) is 38.9 Å². The van der Waals surface area contributed by atoms with Crippen molar-refractivity contribution in [3.63, 3.8) is 0 Å². The standard InChI is InChI=1S/C29H41NO4/c1-25-11-4-3-7-22(25)8-13-28(34-20-18-30-16-5-6-17-30)24(25)9-12-26(2)27(31,14-15-29(26,28)32)23-10-19-33-21-23/h8,10,14-15,19,21,24,31-32H,3-7,9,11-13,16-18,20H2,1-2H3/t24-,25+,26-,27+,28?,29-/m1/s1. The van der Waals surface area contributed by atoms with Gasteiger partial charge >= 0.3 is 0 Å². The minimum Gasteiger partial charge on any atom is -0.472 e. The highest BCUT2D eigenvalue weighted by Crippen LogP contribution is 2.71. The van der Waals surface area contributed by atoms with Gasteiger partial charge in [-0.05, 0) is 82.0 Å². The first kappa shape index (κ1) is 23.0. The van der Waals surface area contributed by atoms with Crippen molar-refractivity contribution in [1.82, 2.24) is 4.90 Å². The van der Waals surface area contributed by atoms with Gasteiger partial charge in [0.15, 0.2) is 0 Å². The predicted octanol–water partition coefficient (Wildman–Crippen LogP) is 4.95. The third-order valence-electron chi connectivity index (χ3n) is 10.9. The summed E-state index contributed by atoms with van der Waals surface area (Å²) >= 11 is 0. The SMILES string of the molecule is C[C@]12CC[C@H]3C(OCCN4CCCC4)(CC=C4CCCC[C@@]43C)[C@@]1(O)C=C[C@]2(O)c1ccoc1. The molecular formula is C29H41NO4. The Kier molecular flexibility index (Phi) is 5.28. The van der Waals surface area contributed by atoms with Crippen LogP contribution < -0.4 is 0 Å². The molecule has 2 heterocycles. The van der Waals surface area contributed by atoms with Gasteiger partial charge < -0.3 is 24.3 Å². The van der Waals surface area contributed by atoms with Crippen LogP contribution in [0.15, 0.2) is 46.8 Å². The number of furan rings is 1. The fourth-order valence-electron chi connectivity index (χ4n) is 8.74. The second-order valence-corrected chi connectivity index (χ2v) is 12.1. The van der Waals surface area contributed by atoms with E-state index < -0.39 is 22.2 Å². The third-order valence-corrected chi connectivity index (χ3v) is 10.9. The summed E-state index contributed by atoms with van der Waals surface area (Å²) in [6.45, 7) is 8.29. The molecule has 5 aliphatic rings. The molecule has 1 saturated heterocycles. The Morgan fingerprint density at radius 1 is 1.09 bits per heavy atom. The van der Waals surface area contributed by atoms with E-state index in [4.69, 9.17) is 9.15 Å². The molecule has 186 valence electrons. The summed E-state index contributed by atoms with van der Waals surface area (Å²) in [5.41, 5.74) is -1.79. The maximum Gasteiger partial charge on any atom is 0.121 e. The van der Waals surface area contributed by atoms with Gasteiger partial charge in [0, 0.05) is 23.4 Å². The van der Waals surface area contributed by atoms with Crippen molar-refractivity contribution in [3.05, 3.63) is 48.0 Å². The van der Waals surface area contributed by atoms with Gasteiger partial charge in [-0.25, -0.2) is 0 Å². The molecule has 0 bridgehead atoms. The molecule has 0 aromatic carbocycles. The van der Waals surface area contributed by atoms with E-state index in [2.05, 4.69) is 24.8 Å². The monoisotopic (exact) mass is 467 g/mol. The molecule has 1 aromatic rings. The average Bonchev–Trinajstić information content (AvgIpc) is 3.58. The topological polar surface area (TPSA) is 66.1 Å². The van der Waals surface area contributed by atoms with Crippen LogP contribution in [0.3, 0.4) is 0 Å². The summed E-state index contributed by atoms with van der Waals surface area (Å²) in [7, 11) is 0. The van der Waals surface area contributed by atoms with E-state index >= 15 is 0 Å². The van der Waals surface area contributed by atoms with Crippen LogP contribution in [0.2, 0.25) is 0 Å². The second-order valence-electron chi connectivity index (χ2n) is 12.1. The highest BCUT2D eigenvalue weighted by atomic mass is 16.5. The highest BCUT2D eigenvalue weighted by molar-refractivity contribution is 5.45. The highest BCUT2D eigenvalue weighted by Gasteiger charge is 2.76. The van der Waals surface area contributed by atoms with E-state index in [1.807, 2.05) is 18.2 Å². The molecule has 2 saturated carbocycles. The largest absolute Gasteiger partial charge is 0.472 e. The van der Waals surface area contributed by atoms with Crippen LogP contribution >= 0.6 is 0 Å². The predicted molar refractivity (Wildman–Crippen MR) is 131 cm³/mol. The minimum absolute atomic E-state index is 0.0470. The van der Waals surface area contributed by atoms with Crippen LogP contribution in [0.1, 0.15) is 77.2 Å². The van der Waals surface area contributed by atoms with Crippen molar-refractivity contribution < 1.29 is 19.4 Å². The van der Waals surface area contributed by atoms with E-state index in [-0.39, 0.29) is 11.3 Å². The molecule has 1 aromatic heterocycles. The van der Waals surface area contributed by atoms with Crippen molar-refractivity contribution in [2.45, 2.75) is 88.4 Å². The fourth-order valence-corrected chi connectivity index (χ4v) is 8.74. The molecule has 1 aliphatic heterocycles. The molecule has 2 N–H and O–H groups in total. The van der Waals surface area contributed by atoms with Gasteiger partial charge in [0.1, 0.15) is 16.8 Å². The lowest BCUT2D eigenvalue weighted by Gasteiger charge is -2.67. The Morgan fingerprint density at radius 2 is 1.91 bits per heavy atom. The molecule has 0 spiro atoms. The Balaban J connectivity index is 1.43. The maximum atomic E-state index is 12.8. The van der Waals surface area contributed by atoms with Crippen molar-refractivity contribution >= 4 is 0 Å². The first-order valence-corrected chi connectivity index (χ1v) is 13.5. The number of hydrogen-bond donors (Lipinski definition) is 2. The quantitative estimate of drug-likeness (QED) is 0.600. The molecule has 6 atom stereocenters. The Labute approximate surface area is 203 Å². The number of rotatable bonds is 5. The molecule has 5 nitrogen and oxygen atoms in total. The summed E-state index contributed by atoms with van der Waals surface area (Å²) in [6.07, 6.45) is 19.1. The van der Waals surface area contributed by atoms with Crippen LogP contribution in [0.25, 0.3) is 0 Å². The van der Waals surface area contributed by atoms with Crippen LogP contribution in [0.5, 0.6) is 0 Å². The zero-order valence-corrected chi connectivity index (χ0v) is 20.9. The van der Waals surface area contributed by atoms with Gasteiger partial charge in [0.05, 0.1) is 19.1 Å². The minimum atomic E-state index is -1.29. The third kappa shape index (κ3) is 2.81. The Morgan fingerprint density at radius 3 is 2.68 bits per heavy atom. The molecule has 0 radical (unpaired) electrons. The zero-order chi connectivity index (χ0) is 23.7. The van der Waals surface area contributed by atoms with Crippen LogP contribution in [-0.4, -0.2) is 52.6 Å². The first-order chi connectivity index (χ1) is 16.3. The second kappa shape index (κ2) is 7.80. The van der Waals surface area contributed by atoms with Crippen LogP contribution in [0.4, 0.5) is 0 Å². The van der Waals surface area contributed by atoms with Gasteiger partial charge in [0.25, 0.3) is 0 Å². The van der Waals surface area contributed by atoms with Gasteiger partial charge in [-0.15, -0.1) is 0 Å². The lowest BCUT2D eigenvalue weighted by atomic mass is 9.43. The number of allylic oxidation sites excluding steroid dienone is 1. The molecular weight excluding hydrogens is 426 g/mol. The first-order valence-electron chi connectivity index (χ1n) is 13.5. The van der Waals surface area contributed by atoms with E-state index in [1.54, 1.807) is 18.1 Å². The summed E-state index contributed by atoms with van der Waals surface area (Å²) in [4.78, 5) is 2.48. The van der Waals surface area contributed by atoms with Crippen molar-refractivity contribution in [2.75, 3.05) is 26.2 Å². The van der Waals surface area contributed by atoms with Gasteiger partial charge in [-0.1, -0.05) is 38.0 Å². The maximum absolute atomic E-state index is 12.8. The van der Waals surface area contributed by atoms with E-state index in [1.165, 1.54) is 32.1 Å². The van der Waals surface area contributed by atoms with Crippen molar-refractivity contribution in [3.8, 4) is 0 Å². The molecule has 0 amide bonds. The lowest BCUT2D eigenvalue weighted by Crippen LogP contribution is -2.74. The molecule has 34 heavy (non-hydrogen) atoms. The molecule has 4 aliphatic carbocycles. The number of aliphatic hydroxyl groups is 2. The Hall–Kier alpha value is -1.40. The summed E-state index contributed by atoms with van der Waals surface area (Å²) in [6, 6.07) is 1.83. The van der Waals surface area contributed by atoms with E-state index in [9.17, 15) is 10.2 Å². The van der Waals surface area contributed by atoms with E-state index in [0.29, 0.717) is 18.6 Å². The lowest BCUT2D eigenvalue weighted by molar-refractivity contribution is -0.295. The normalized spacial score (nSPS) is 46.1. The number of hydrogen-bond acceptors (Lipinski definition) is 5. The molecule has 1 unspecified atom stereocenters. The fraction of sp³-hybridized carbons (Fsp3) is 0.724. The number of nitrogens with zero attached hydrogens (tertiary/aromatic N) is 1. The summed E-state index contributed by atoms with van der Waals surface area (Å²) < 4.78 is 12.4. The van der Waals surface area contributed by atoms with Crippen molar-refractivity contribution in [2.24, 2.45) is 16.7 Å².